The van der Waals surface area contributed by atoms with Gasteiger partial charge in [0.2, 0.25) is 0 Å². The number of aromatic nitrogens is 1. The maximum absolute atomic E-state index is 14.3. The molecule has 4 amide bonds. The molecule has 1 aliphatic heterocycles. The molecule has 4 rings (SSSR count). The number of nitrogens with one attached hydrogen (secondary N) is 1. The van der Waals surface area contributed by atoms with Crippen LogP contribution in [0.25, 0.3) is 11.8 Å². The van der Waals surface area contributed by atoms with Crippen LogP contribution < -0.4 is 10.2 Å². The summed E-state index contributed by atoms with van der Waals surface area (Å²) in [6.45, 7) is 3.49. The quantitative estimate of drug-likeness (QED) is 0.427. The van der Waals surface area contributed by atoms with Crippen LogP contribution >= 0.6 is 11.6 Å². The molecule has 0 atom stereocenters. The fraction of sp³-hybridized carbons (Fsp3) is 0.0833. The standard InChI is InChI=1S/C24H17ClFN3O5/c1-12-9-14(13(2)28(12)15-7-8-18(25)16(11-15)23(32)33)10-17-21(30)27-24(34)29(22(17)31)20-6-4-3-5-19(20)26/h3-11H,1-2H3,(H,32,33)(H,27,30,34)/b17-10+. The van der Waals surface area contributed by atoms with Crippen LogP contribution in [0.4, 0.5) is 14.9 Å². The van der Waals surface area contributed by atoms with Crippen molar-refractivity contribution in [1.29, 1.82) is 0 Å². The van der Waals surface area contributed by atoms with Gasteiger partial charge >= 0.3 is 12.0 Å². The SMILES string of the molecule is Cc1cc(/C=C2\C(=O)NC(=O)N(c3ccccc3F)C2=O)c(C)n1-c1ccc(Cl)c(C(=O)O)c1. The van der Waals surface area contributed by atoms with Crippen molar-refractivity contribution in [3.8, 4) is 5.69 Å². The van der Waals surface area contributed by atoms with E-state index in [0.717, 1.165) is 6.07 Å². The Balaban J connectivity index is 1.79. The lowest BCUT2D eigenvalue weighted by molar-refractivity contribution is -0.122. The zero-order chi connectivity index (χ0) is 24.7. The van der Waals surface area contributed by atoms with Crippen molar-refractivity contribution in [3.05, 3.63) is 87.5 Å². The molecule has 1 aromatic heterocycles. The number of hydrogen-bond acceptors (Lipinski definition) is 4. The summed E-state index contributed by atoms with van der Waals surface area (Å²) in [5, 5.41) is 11.5. The highest BCUT2D eigenvalue weighted by Crippen LogP contribution is 2.28. The Morgan fingerprint density at radius 1 is 1.09 bits per heavy atom. The van der Waals surface area contributed by atoms with E-state index < -0.39 is 29.6 Å². The van der Waals surface area contributed by atoms with E-state index in [1.54, 1.807) is 30.5 Å². The zero-order valence-electron chi connectivity index (χ0n) is 17.9. The van der Waals surface area contributed by atoms with Crippen LogP contribution in [-0.4, -0.2) is 33.5 Å². The van der Waals surface area contributed by atoms with E-state index in [1.807, 2.05) is 0 Å². The summed E-state index contributed by atoms with van der Waals surface area (Å²) in [4.78, 5) is 49.9. The third-order valence-electron chi connectivity index (χ3n) is 5.40. The Hall–Kier alpha value is -4.24. The summed E-state index contributed by atoms with van der Waals surface area (Å²) in [6, 6.07) is 10.4. The molecule has 0 radical (unpaired) electrons. The lowest BCUT2D eigenvalue weighted by Crippen LogP contribution is -2.54. The molecule has 8 nitrogen and oxygen atoms in total. The molecule has 0 spiro atoms. The van der Waals surface area contributed by atoms with Gasteiger partial charge in [0.1, 0.15) is 11.4 Å². The van der Waals surface area contributed by atoms with Gasteiger partial charge in [-0.15, -0.1) is 0 Å². The number of carbonyl (C=O) groups excluding carboxylic acids is 3. The normalized spacial score (nSPS) is 15.1. The highest BCUT2D eigenvalue weighted by molar-refractivity contribution is 6.39. The Morgan fingerprint density at radius 2 is 1.79 bits per heavy atom. The topological polar surface area (TPSA) is 109 Å². The number of benzene rings is 2. The largest absolute Gasteiger partial charge is 0.478 e. The van der Waals surface area contributed by atoms with Crippen LogP contribution in [-0.2, 0) is 9.59 Å². The zero-order valence-corrected chi connectivity index (χ0v) is 18.7. The average Bonchev–Trinajstić information content (AvgIpc) is 3.05. The number of carboxylic acids is 1. The van der Waals surface area contributed by atoms with E-state index in [-0.39, 0.29) is 21.8 Å². The molecule has 0 saturated carbocycles. The van der Waals surface area contributed by atoms with E-state index in [2.05, 4.69) is 5.32 Å². The van der Waals surface area contributed by atoms with Crippen LogP contribution in [0.5, 0.6) is 0 Å². The number of aryl methyl sites for hydroxylation is 1. The number of imide groups is 2. The van der Waals surface area contributed by atoms with E-state index in [9.17, 15) is 28.7 Å². The van der Waals surface area contributed by atoms with Crippen LogP contribution in [0.1, 0.15) is 27.3 Å². The van der Waals surface area contributed by atoms with Crippen molar-refractivity contribution >= 4 is 47.2 Å². The van der Waals surface area contributed by atoms with Gasteiger partial charge in [-0.1, -0.05) is 23.7 Å². The molecule has 0 aliphatic carbocycles. The van der Waals surface area contributed by atoms with Gasteiger partial charge in [0.15, 0.2) is 0 Å². The van der Waals surface area contributed by atoms with Crippen molar-refractivity contribution < 1.29 is 28.7 Å². The second kappa shape index (κ2) is 8.60. The van der Waals surface area contributed by atoms with Gasteiger partial charge in [-0.2, -0.15) is 0 Å². The molecule has 172 valence electrons. The van der Waals surface area contributed by atoms with Gasteiger partial charge in [-0.3, -0.25) is 14.9 Å². The van der Waals surface area contributed by atoms with Gasteiger partial charge in [-0.05, 0) is 61.9 Å². The lowest BCUT2D eigenvalue weighted by Gasteiger charge is -2.26. The fourth-order valence-corrected chi connectivity index (χ4v) is 4.01. The number of urea groups is 1. The predicted octanol–water partition coefficient (Wildman–Crippen LogP) is 4.25. The third-order valence-corrected chi connectivity index (χ3v) is 5.73. The Labute approximate surface area is 197 Å². The number of hydrogen-bond donors (Lipinski definition) is 2. The number of nitrogens with zero attached hydrogens (tertiary/aromatic N) is 2. The molecule has 10 heteroatoms. The second-order valence-electron chi connectivity index (χ2n) is 7.54. The number of halogens is 2. The van der Waals surface area contributed by atoms with E-state index >= 15 is 0 Å². The number of barbiturate groups is 1. The molecule has 0 unspecified atom stereocenters. The smallest absolute Gasteiger partial charge is 0.337 e. The molecule has 1 aliphatic rings. The summed E-state index contributed by atoms with van der Waals surface area (Å²) in [5.74, 6) is -3.86. The van der Waals surface area contributed by atoms with Crippen molar-refractivity contribution in [2.75, 3.05) is 4.90 Å². The number of aromatic carboxylic acids is 1. The number of para-hydroxylation sites is 1. The summed E-state index contributed by atoms with van der Waals surface area (Å²) in [7, 11) is 0. The molecule has 2 aromatic carbocycles. The van der Waals surface area contributed by atoms with E-state index in [1.165, 1.54) is 36.4 Å². The van der Waals surface area contributed by atoms with Gasteiger partial charge in [0.25, 0.3) is 11.8 Å². The molecular weight excluding hydrogens is 465 g/mol. The first-order valence-electron chi connectivity index (χ1n) is 9.98. The molecule has 34 heavy (non-hydrogen) atoms. The number of carboxylic acid groups (broad SMARTS) is 1. The first-order valence-corrected chi connectivity index (χ1v) is 10.4. The van der Waals surface area contributed by atoms with E-state index in [4.69, 9.17) is 11.6 Å². The van der Waals surface area contributed by atoms with Crippen LogP contribution in [0.2, 0.25) is 5.02 Å². The fourth-order valence-electron chi connectivity index (χ4n) is 3.81. The highest BCUT2D eigenvalue weighted by Gasteiger charge is 2.38. The van der Waals surface area contributed by atoms with Gasteiger partial charge in [0, 0.05) is 17.1 Å². The maximum Gasteiger partial charge on any atom is 0.337 e. The average molecular weight is 482 g/mol. The molecular formula is C24H17ClFN3O5. The molecule has 0 bridgehead atoms. The molecule has 1 fully saturated rings. The van der Waals surface area contributed by atoms with Crippen LogP contribution in [0, 0.1) is 19.7 Å². The summed E-state index contributed by atoms with van der Waals surface area (Å²) >= 11 is 5.97. The van der Waals surface area contributed by atoms with Gasteiger partial charge in [0.05, 0.1) is 16.3 Å². The summed E-state index contributed by atoms with van der Waals surface area (Å²) < 4.78 is 16.0. The molecule has 3 aromatic rings. The minimum absolute atomic E-state index is 0.0764. The third kappa shape index (κ3) is 3.86. The number of anilines is 1. The van der Waals surface area contributed by atoms with Crippen molar-refractivity contribution in [2.45, 2.75) is 13.8 Å². The first kappa shape index (κ1) is 22.9. The van der Waals surface area contributed by atoms with Gasteiger partial charge < -0.3 is 9.67 Å². The minimum atomic E-state index is -1.18. The van der Waals surface area contributed by atoms with Gasteiger partial charge in [-0.25, -0.2) is 18.9 Å². The summed E-state index contributed by atoms with van der Waals surface area (Å²) in [5.41, 5.74) is 1.57. The predicted molar refractivity (Wildman–Crippen MR) is 123 cm³/mol. The number of rotatable bonds is 4. The Kier molecular flexibility index (Phi) is 5.80. The minimum Gasteiger partial charge on any atom is -0.478 e. The van der Waals surface area contributed by atoms with Crippen molar-refractivity contribution in [3.63, 3.8) is 0 Å². The second-order valence-corrected chi connectivity index (χ2v) is 7.95. The highest BCUT2D eigenvalue weighted by atomic mass is 35.5. The van der Waals surface area contributed by atoms with Crippen LogP contribution in [0.3, 0.4) is 0 Å². The Morgan fingerprint density at radius 3 is 2.47 bits per heavy atom. The van der Waals surface area contributed by atoms with Crippen molar-refractivity contribution in [2.24, 2.45) is 0 Å². The lowest BCUT2D eigenvalue weighted by atomic mass is 10.1. The first-order chi connectivity index (χ1) is 16.1. The molecule has 2 heterocycles. The number of amides is 4. The van der Waals surface area contributed by atoms with Crippen molar-refractivity contribution in [1.82, 2.24) is 9.88 Å². The maximum atomic E-state index is 14.3. The summed E-state index contributed by atoms with van der Waals surface area (Å²) in [6.07, 6.45) is 1.31. The van der Waals surface area contributed by atoms with E-state index in [0.29, 0.717) is 27.5 Å². The molecule has 2 N–H and O–H groups in total. The Bertz CT molecular complexity index is 1430. The monoisotopic (exact) mass is 481 g/mol. The molecule has 1 saturated heterocycles. The van der Waals surface area contributed by atoms with Crippen LogP contribution in [0.15, 0.2) is 54.1 Å². The number of carbonyl (C=O) groups is 4.